The third kappa shape index (κ3) is 11.0. The molecule has 32 heavy (non-hydrogen) atoms. The summed E-state index contributed by atoms with van der Waals surface area (Å²) in [5.41, 5.74) is 1.93. The highest BCUT2D eigenvalue weighted by Gasteiger charge is 2.22. The lowest BCUT2D eigenvalue weighted by molar-refractivity contribution is -0.116. The van der Waals surface area contributed by atoms with Crippen LogP contribution in [0.3, 0.4) is 0 Å². The molecule has 1 aliphatic heterocycles. The minimum absolute atomic E-state index is 0. The Morgan fingerprint density at radius 3 is 2.47 bits per heavy atom. The van der Waals surface area contributed by atoms with Crippen molar-refractivity contribution in [1.82, 2.24) is 15.5 Å². The van der Waals surface area contributed by atoms with Crippen LogP contribution in [0.4, 0.5) is 5.69 Å². The number of benzene rings is 1. The van der Waals surface area contributed by atoms with Crippen LogP contribution in [0.25, 0.3) is 0 Å². The van der Waals surface area contributed by atoms with Gasteiger partial charge in [-0.25, -0.2) is 0 Å². The quantitative estimate of drug-likeness (QED) is 0.232. The van der Waals surface area contributed by atoms with Crippen LogP contribution in [-0.2, 0) is 16.1 Å². The zero-order valence-corrected chi connectivity index (χ0v) is 22.6. The molecule has 7 nitrogen and oxygen atoms in total. The topological polar surface area (TPSA) is 78.0 Å². The number of anilines is 1. The zero-order chi connectivity index (χ0) is 22.6. The molecular weight excluding hydrogens is 517 g/mol. The number of guanidine groups is 1. The van der Waals surface area contributed by atoms with Crippen molar-refractivity contribution in [3.05, 3.63) is 29.8 Å². The predicted molar refractivity (Wildman–Crippen MR) is 144 cm³/mol. The van der Waals surface area contributed by atoms with E-state index in [1.165, 1.54) is 0 Å². The zero-order valence-electron chi connectivity index (χ0n) is 20.3. The van der Waals surface area contributed by atoms with Gasteiger partial charge in [0.2, 0.25) is 5.91 Å². The number of halogens is 1. The summed E-state index contributed by atoms with van der Waals surface area (Å²) in [5.74, 6) is 1.82. The highest BCUT2D eigenvalue weighted by molar-refractivity contribution is 14.0. The number of nitrogens with zero attached hydrogens (tertiary/aromatic N) is 2. The second kappa shape index (κ2) is 15.4. The molecule has 0 saturated carbocycles. The Kier molecular flexibility index (Phi) is 13.8. The van der Waals surface area contributed by atoms with Gasteiger partial charge >= 0.3 is 0 Å². The van der Waals surface area contributed by atoms with E-state index >= 15 is 0 Å². The Hall–Kier alpha value is -1.39. The molecule has 1 saturated heterocycles. The van der Waals surface area contributed by atoms with Crippen LogP contribution in [0, 0.1) is 11.8 Å². The molecule has 1 fully saturated rings. The fraction of sp³-hybridized carbons (Fsp3) is 0.667. The Morgan fingerprint density at radius 1 is 1.12 bits per heavy atom. The molecule has 182 valence electrons. The Bertz CT molecular complexity index is 705. The number of carbonyl (C=O) groups is 1. The molecule has 8 heteroatoms. The fourth-order valence-corrected chi connectivity index (χ4v) is 3.81. The van der Waals surface area contributed by atoms with E-state index in [9.17, 15) is 4.79 Å². The molecule has 1 aromatic rings. The molecule has 1 unspecified atom stereocenters. The summed E-state index contributed by atoms with van der Waals surface area (Å²) >= 11 is 0. The van der Waals surface area contributed by atoms with Gasteiger partial charge in [-0.2, -0.15) is 0 Å². The Labute approximate surface area is 211 Å². The molecule has 1 aliphatic rings. The maximum atomic E-state index is 12.0. The predicted octanol–water partition coefficient (Wildman–Crippen LogP) is 3.70. The first-order valence-corrected chi connectivity index (χ1v) is 11.5. The van der Waals surface area contributed by atoms with Crippen molar-refractivity contribution in [3.63, 3.8) is 0 Å². The summed E-state index contributed by atoms with van der Waals surface area (Å²) in [6, 6.07) is 8.41. The van der Waals surface area contributed by atoms with Gasteiger partial charge in [-0.1, -0.05) is 39.8 Å². The summed E-state index contributed by atoms with van der Waals surface area (Å²) < 4.78 is 5.52. The van der Waals surface area contributed by atoms with Crippen molar-refractivity contribution >= 4 is 41.5 Å². The molecule has 1 amide bonds. The van der Waals surface area contributed by atoms with Crippen LogP contribution in [0.5, 0.6) is 0 Å². The fourth-order valence-electron chi connectivity index (χ4n) is 3.81. The summed E-state index contributed by atoms with van der Waals surface area (Å²) in [7, 11) is 1.80. The van der Waals surface area contributed by atoms with E-state index in [4.69, 9.17) is 4.74 Å². The van der Waals surface area contributed by atoms with E-state index in [1.54, 1.807) is 7.05 Å². The van der Waals surface area contributed by atoms with E-state index in [2.05, 4.69) is 39.7 Å². The van der Waals surface area contributed by atoms with Crippen LogP contribution < -0.4 is 16.0 Å². The van der Waals surface area contributed by atoms with E-state index in [0.29, 0.717) is 30.8 Å². The lowest BCUT2D eigenvalue weighted by atomic mass is 10.0. The monoisotopic (exact) mass is 559 g/mol. The van der Waals surface area contributed by atoms with Gasteiger partial charge in [0.25, 0.3) is 0 Å². The number of hydrogen-bond acceptors (Lipinski definition) is 4. The van der Waals surface area contributed by atoms with E-state index in [0.717, 1.165) is 56.5 Å². The van der Waals surface area contributed by atoms with Crippen molar-refractivity contribution in [2.45, 2.75) is 53.1 Å². The number of aliphatic imine (C=N–C) groups is 1. The number of hydrogen-bond donors (Lipinski definition) is 3. The molecule has 0 bridgehead atoms. The largest absolute Gasteiger partial charge is 0.379 e. The van der Waals surface area contributed by atoms with Gasteiger partial charge in [0, 0.05) is 51.4 Å². The molecule has 3 N–H and O–H groups in total. The first-order chi connectivity index (χ1) is 14.9. The van der Waals surface area contributed by atoms with Gasteiger partial charge in [-0.3, -0.25) is 14.7 Å². The number of rotatable bonds is 10. The third-order valence-electron chi connectivity index (χ3n) is 5.30. The highest BCUT2D eigenvalue weighted by atomic mass is 127. The number of amides is 1. The van der Waals surface area contributed by atoms with Crippen LogP contribution in [0.1, 0.15) is 46.1 Å². The van der Waals surface area contributed by atoms with Crippen LogP contribution in [0.15, 0.2) is 29.3 Å². The average Bonchev–Trinajstić information content (AvgIpc) is 2.73. The second-order valence-corrected chi connectivity index (χ2v) is 9.08. The first-order valence-electron chi connectivity index (χ1n) is 11.5. The standard InChI is InChI=1S/C24H41N5O2.HI/c1-18(2)13-22(29-9-11-31-12-10-29)17-27-24(25-5)26-16-20-7-6-8-21(15-20)28-23(30)14-19(3)4;/h6-8,15,18-19,22H,9-14,16-17H2,1-5H3,(H,28,30)(H2,25,26,27);1H. The first kappa shape index (κ1) is 28.6. The van der Waals surface area contributed by atoms with Crippen molar-refractivity contribution in [3.8, 4) is 0 Å². The lowest BCUT2D eigenvalue weighted by Gasteiger charge is -2.35. The van der Waals surface area contributed by atoms with Gasteiger partial charge in [-0.15, -0.1) is 24.0 Å². The van der Waals surface area contributed by atoms with E-state index in [1.807, 2.05) is 38.1 Å². The maximum Gasteiger partial charge on any atom is 0.224 e. The van der Waals surface area contributed by atoms with E-state index < -0.39 is 0 Å². The Morgan fingerprint density at radius 2 is 1.84 bits per heavy atom. The van der Waals surface area contributed by atoms with Crippen molar-refractivity contribution in [1.29, 1.82) is 0 Å². The molecule has 1 aromatic carbocycles. The normalized spacial score (nSPS) is 15.9. The molecule has 1 heterocycles. The SMILES string of the molecule is CN=C(NCc1cccc(NC(=O)CC(C)C)c1)NCC(CC(C)C)N1CCOCC1.I. The van der Waals surface area contributed by atoms with E-state index in [-0.39, 0.29) is 29.9 Å². The van der Waals surface area contributed by atoms with Crippen molar-refractivity contribution < 1.29 is 9.53 Å². The maximum absolute atomic E-state index is 12.0. The minimum atomic E-state index is 0. The molecule has 0 radical (unpaired) electrons. The minimum Gasteiger partial charge on any atom is -0.379 e. The van der Waals surface area contributed by atoms with Crippen LogP contribution >= 0.6 is 24.0 Å². The van der Waals surface area contributed by atoms with Gasteiger partial charge in [0.15, 0.2) is 5.96 Å². The second-order valence-electron chi connectivity index (χ2n) is 9.08. The van der Waals surface area contributed by atoms with Crippen LogP contribution in [-0.4, -0.2) is 62.7 Å². The molecule has 0 aromatic heterocycles. The van der Waals surface area contributed by atoms with Crippen LogP contribution in [0.2, 0.25) is 0 Å². The van der Waals surface area contributed by atoms with Gasteiger partial charge < -0.3 is 20.7 Å². The molecule has 1 atom stereocenters. The van der Waals surface area contributed by atoms with Crippen molar-refractivity contribution in [2.24, 2.45) is 16.8 Å². The average molecular weight is 560 g/mol. The summed E-state index contributed by atoms with van der Waals surface area (Å²) in [4.78, 5) is 18.9. The number of carbonyl (C=O) groups excluding carboxylic acids is 1. The summed E-state index contributed by atoms with van der Waals surface area (Å²) in [6.07, 6.45) is 1.67. The highest BCUT2D eigenvalue weighted by Crippen LogP contribution is 2.14. The number of ether oxygens (including phenoxy) is 1. The number of nitrogens with one attached hydrogen (secondary N) is 3. The van der Waals surface area contributed by atoms with Gasteiger partial charge in [0.1, 0.15) is 0 Å². The number of morpholine rings is 1. The third-order valence-corrected chi connectivity index (χ3v) is 5.30. The molecular formula is C24H42IN5O2. The summed E-state index contributed by atoms with van der Waals surface area (Å²) in [5, 5.41) is 9.87. The molecule has 0 aliphatic carbocycles. The molecule has 2 rings (SSSR count). The lowest BCUT2D eigenvalue weighted by Crippen LogP contribution is -2.50. The molecule has 0 spiro atoms. The van der Waals surface area contributed by atoms with Gasteiger partial charge in [0.05, 0.1) is 13.2 Å². The van der Waals surface area contributed by atoms with Gasteiger partial charge in [-0.05, 0) is 36.0 Å². The van der Waals surface area contributed by atoms with Crippen molar-refractivity contribution in [2.75, 3.05) is 45.2 Å². The Balaban J connectivity index is 0.00000512. The smallest absolute Gasteiger partial charge is 0.224 e. The summed E-state index contributed by atoms with van der Waals surface area (Å²) in [6.45, 7) is 13.7.